The summed E-state index contributed by atoms with van der Waals surface area (Å²) in [6, 6.07) is 7.79. The summed E-state index contributed by atoms with van der Waals surface area (Å²) in [4.78, 5) is 29.0. The summed E-state index contributed by atoms with van der Waals surface area (Å²) in [6.45, 7) is 7.22. The molecule has 1 atom stereocenters. The largest absolute Gasteiger partial charge is 0.465 e. The molecule has 0 saturated carbocycles. The maximum atomic E-state index is 12.4. The van der Waals surface area contributed by atoms with Gasteiger partial charge in [-0.25, -0.2) is 9.78 Å². The van der Waals surface area contributed by atoms with E-state index >= 15 is 0 Å². The third kappa shape index (κ3) is 4.86. The highest BCUT2D eigenvalue weighted by Gasteiger charge is 2.31. The fourth-order valence-electron chi connectivity index (χ4n) is 2.92. The van der Waals surface area contributed by atoms with Gasteiger partial charge >= 0.3 is 6.09 Å². The lowest BCUT2D eigenvalue weighted by molar-refractivity contribution is -0.119. The van der Waals surface area contributed by atoms with Gasteiger partial charge in [0.2, 0.25) is 5.91 Å². The van der Waals surface area contributed by atoms with Crippen molar-refractivity contribution < 1.29 is 14.7 Å². The Kier molecular flexibility index (Phi) is 5.19. The quantitative estimate of drug-likeness (QED) is 0.617. The standard InChI is InChI=1S/C20H23N3O3Si/c1-27(2,3)9-7-14-4-5-15-12-21-18(11-17(15)10-14)22-19(24)16-6-8-23(13-16)20(25)26/h4-5,10-12,16H,6,8,13H2,1-3H3,(H,25,26)(H,21,22,24)/t16-/m0/s1. The van der Waals surface area contributed by atoms with Gasteiger partial charge in [-0.3, -0.25) is 4.79 Å². The number of aromatic nitrogens is 1. The molecule has 140 valence electrons. The Morgan fingerprint density at radius 2 is 2.04 bits per heavy atom. The van der Waals surface area contributed by atoms with E-state index in [4.69, 9.17) is 5.11 Å². The van der Waals surface area contributed by atoms with Gasteiger partial charge in [-0.05, 0) is 30.0 Å². The number of amides is 2. The van der Waals surface area contributed by atoms with E-state index in [1.807, 2.05) is 24.3 Å². The highest BCUT2D eigenvalue weighted by Crippen LogP contribution is 2.21. The van der Waals surface area contributed by atoms with Crippen molar-refractivity contribution in [3.05, 3.63) is 36.0 Å². The van der Waals surface area contributed by atoms with Gasteiger partial charge < -0.3 is 15.3 Å². The summed E-state index contributed by atoms with van der Waals surface area (Å²) in [6.07, 6.45) is 1.27. The number of carbonyl (C=O) groups excluding carboxylic acids is 1. The van der Waals surface area contributed by atoms with E-state index in [2.05, 4.69) is 41.4 Å². The van der Waals surface area contributed by atoms with Gasteiger partial charge in [-0.15, -0.1) is 5.54 Å². The van der Waals surface area contributed by atoms with Crippen LogP contribution in [-0.4, -0.2) is 48.2 Å². The molecule has 1 aromatic carbocycles. The Balaban J connectivity index is 1.76. The SMILES string of the molecule is C[Si](C)(C)C#Cc1ccc2cnc(NC(=O)[C@H]3CCN(C(=O)O)C3)cc2c1. The molecule has 0 radical (unpaired) electrons. The van der Waals surface area contributed by atoms with E-state index < -0.39 is 14.2 Å². The minimum absolute atomic E-state index is 0.194. The number of fused-ring (bicyclic) bond motifs is 1. The average molecular weight is 382 g/mol. The van der Waals surface area contributed by atoms with Gasteiger partial charge in [0.05, 0.1) is 5.92 Å². The highest BCUT2D eigenvalue weighted by atomic mass is 28.3. The summed E-state index contributed by atoms with van der Waals surface area (Å²) < 4.78 is 0. The van der Waals surface area contributed by atoms with Gasteiger partial charge in [0.15, 0.2) is 0 Å². The zero-order valence-electron chi connectivity index (χ0n) is 15.7. The van der Waals surface area contributed by atoms with Crippen molar-refractivity contribution in [1.29, 1.82) is 0 Å². The topological polar surface area (TPSA) is 82.5 Å². The maximum absolute atomic E-state index is 12.4. The second-order valence-corrected chi connectivity index (χ2v) is 12.6. The van der Waals surface area contributed by atoms with Crippen molar-refractivity contribution in [3.63, 3.8) is 0 Å². The minimum Gasteiger partial charge on any atom is -0.465 e. The number of anilines is 1. The van der Waals surface area contributed by atoms with Crippen LogP contribution in [-0.2, 0) is 4.79 Å². The smallest absolute Gasteiger partial charge is 0.407 e. The molecule has 1 saturated heterocycles. The normalized spacial score (nSPS) is 16.7. The monoisotopic (exact) mass is 381 g/mol. The van der Waals surface area contributed by atoms with Crippen molar-refractivity contribution in [2.75, 3.05) is 18.4 Å². The zero-order chi connectivity index (χ0) is 19.6. The molecule has 2 aromatic rings. The van der Waals surface area contributed by atoms with Crippen LogP contribution in [0.4, 0.5) is 10.6 Å². The van der Waals surface area contributed by atoms with Gasteiger partial charge in [-0.2, -0.15) is 0 Å². The number of benzene rings is 1. The first-order valence-corrected chi connectivity index (χ1v) is 12.4. The molecule has 1 aliphatic rings. The van der Waals surface area contributed by atoms with E-state index in [0.717, 1.165) is 16.3 Å². The highest BCUT2D eigenvalue weighted by molar-refractivity contribution is 6.83. The molecule has 0 bridgehead atoms. The van der Waals surface area contributed by atoms with Crippen LogP contribution < -0.4 is 5.32 Å². The fourth-order valence-corrected chi connectivity index (χ4v) is 3.44. The van der Waals surface area contributed by atoms with E-state index in [1.165, 1.54) is 4.90 Å². The summed E-state index contributed by atoms with van der Waals surface area (Å²) in [7, 11) is -1.45. The predicted octanol–water partition coefficient (Wildman–Crippen LogP) is 3.40. The van der Waals surface area contributed by atoms with E-state index in [0.29, 0.717) is 18.8 Å². The van der Waals surface area contributed by atoms with Gasteiger partial charge in [-0.1, -0.05) is 31.6 Å². The Labute approximate surface area is 159 Å². The molecule has 0 unspecified atom stereocenters. The number of likely N-dealkylation sites (tertiary alicyclic amines) is 1. The number of carboxylic acid groups (broad SMARTS) is 1. The fraction of sp³-hybridized carbons (Fsp3) is 0.350. The first kappa shape index (κ1) is 18.9. The van der Waals surface area contributed by atoms with Crippen molar-refractivity contribution in [2.24, 2.45) is 5.92 Å². The molecule has 1 fully saturated rings. The van der Waals surface area contributed by atoms with Crippen LogP contribution in [0.25, 0.3) is 10.8 Å². The molecule has 7 heteroatoms. The van der Waals surface area contributed by atoms with Crippen LogP contribution in [0.2, 0.25) is 19.6 Å². The summed E-state index contributed by atoms with van der Waals surface area (Å²) in [5.41, 5.74) is 4.30. The Bertz CT molecular complexity index is 956. The van der Waals surface area contributed by atoms with Gasteiger partial charge in [0.25, 0.3) is 0 Å². The van der Waals surface area contributed by atoms with E-state index in [-0.39, 0.29) is 18.4 Å². The van der Waals surface area contributed by atoms with E-state index in [1.54, 1.807) is 6.20 Å². The molecule has 3 rings (SSSR count). The molecule has 27 heavy (non-hydrogen) atoms. The Morgan fingerprint density at radius 3 is 2.70 bits per heavy atom. The lowest BCUT2D eigenvalue weighted by atomic mass is 10.1. The van der Waals surface area contributed by atoms with Crippen LogP contribution in [0.3, 0.4) is 0 Å². The minimum atomic E-state index is -1.45. The third-order valence-electron chi connectivity index (χ3n) is 4.38. The molecule has 0 spiro atoms. The van der Waals surface area contributed by atoms with Crippen LogP contribution >= 0.6 is 0 Å². The third-order valence-corrected chi connectivity index (χ3v) is 5.26. The summed E-state index contributed by atoms with van der Waals surface area (Å²) >= 11 is 0. The maximum Gasteiger partial charge on any atom is 0.407 e. The lowest BCUT2D eigenvalue weighted by Crippen LogP contribution is -2.30. The first-order chi connectivity index (χ1) is 12.7. The number of nitrogens with one attached hydrogen (secondary N) is 1. The van der Waals surface area contributed by atoms with E-state index in [9.17, 15) is 9.59 Å². The number of carbonyl (C=O) groups is 2. The number of pyridine rings is 1. The molecule has 0 aliphatic carbocycles. The Morgan fingerprint density at radius 1 is 1.26 bits per heavy atom. The summed E-state index contributed by atoms with van der Waals surface area (Å²) in [5.74, 6) is 3.17. The van der Waals surface area contributed by atoms with Crippen molar-refractivity contribution in [1.82, 2.24) is 9.88 Å². The number of hydrogen-bond acceptors (Lipinski definition) is 3. The molecule has 1 aliphatic heterocycles. The molecule has 2 heterocycles. The van der Waals surface area contributed by atoms with Crippen LogP contribution in [0.15, 0.2) is 30.5 Å². The molecule has 2 amide bonds. The molecular formula is C20H23N3O3Si. The van der Waals surface area contributed by atoms with Crippen molar-refractivity contribution in [3.8, 4) is 11.5 Å². The Hall–Kier alpha value is -2.85. The van der Waals surface area contributed by atoms with Crippen LogP contribution in [0, 0.1) is 17.4 Å². The number of rotatable bonds is 2. The second-order valence-electron chi connectivity index (χ2n) is 7.83. The van der Waals surface area contributed by atoms with Crippen molar-refractivity contribution in [2.45, 2.75) is 26.1 Å². The lowest BCUT2D eigenvalue weighted by Gasteiger charge is -2.12. The van der Waals surface area contributed by atoms with Crippen LogP contribution in [0.1, 0.15) is 12.0 Å². The molecule has 2 N–H and O–H groups in total. The summed E-state index contributed by atoms with van der Waals surface area (Å²) in [5, 5.41) is 13.8. The first-order valence-electron chi connectivity index (χ1n) is 8.93. The van der Waals surface area contributed by atoms with Crippen molar-refractivity contribution >= 4 is 36.7 Å². The van der Waals surface area contributed by atoms with Crippen LogP contribution in [0.5, 0.6) is 0 Å². The van der Waals surface area contributed by atoms with Gasteiger partial charge in [0.1, 0.15) is 13.9 Å². The predicted molar refractivity (Wildman–Crippen MR) is 108 cm³/mol. The average Bonchev–Trinajstić information content (AvgIpc) is 3.09. The molecular weight excluding hydrogens is 358 g/mol. The number of nitrogens with zero attached hydrogens (tertiary/aromatic N) is 2. The molecule has 1 aromatic heterocycles. The second kappa shape index (κ2) is 7.41. The number of hydrogen-bond donors (Lipinski definition) is 2. The zero-order valence-corrected chi connectivity index (χ0v) is 16.7. The van der Waals surface area contributed by atoms with Gasteiger partial charge in [0, 0.05) is 30.2 Å². The molecule has 6 nitrogen and oxygen atoms in total.